The normalized spacial score (nSPS) is 10.1. The number of carboxylic acid groups (broad SMARTS) is 1. The van der Waals surface area contributed by atoms with E-state index in [0.29, 0.717) is 12.2 Å². The molecule has 0 aliphatic carbocycles. The number of anilines is 1. The largest absolute Gasteiger partial charge is 0.481 e. The van der Waals surface area contributed by atoms with Crippen molar-refractivity contribution < 1.29 is 14.7 Å². The first-order valence-electron chi connectivity index (χ1n) is 6.45. The number of carbonyl (C=O) groups is 2. The molecule has 1 rings (SSSR count). The molecule has 108 valence electrons. The summed E-state index contributed by atoms with van der Waals surface area (Å²) in [4.78, 5) is 24.3. The minimum Gasteiger partial charge on any atom is -0.481 e. The number of carbonyl (C=O) groups excluding carboxylic acids is 1. The minimum absolute atomic E-state index is 0.0823. The van der Waals surface area contributed by atoms with Crippen LogP contribution in [0.3, 0.4) is 0 Å². The molecule has 0 radical (unpaired) electrons. The summed E-state index contributed by atoms with van der Waals surface area (Å²) >= 11 is 0. The number of nitrogens with one attached hydrogen (secondary N) is 1. The highest BCUT2D eigenvalue weighted by atomic mass is 16.4. The van der Waals surface area contributed by atoms with Crippen LogP contribution in [0.4, 0.5) is 5.69 Å². The van der Waals surface area contributed by atoms with Crippen molar-refractivity contribution >= 4 is 17.6 Å². The SMILES string of the molecule is C=CCNCC(=O)N(CCC(=O)O)c1ccc(C)cc1. The highest BCUT2D eigenvalue weighted by Gasteiger charge is 2.16. The first-order valence-corrected chi connectivity index (χ1v) is 6.45. The van der Waals surface area contributed by atoms with Gasteiger partial charge in [0.1, 0.15) is 0 Å². The summed E-state index contributed by atoms with van der Waals surface area (Å²) in [5.41, 5.74) is 1.80. The Morgan fingerprint density at radius 1 is 1.35 bits per heavy atom. The van der Waals surface area contributed by atoms with Gasteiger partial charge in [-0.15, -0.1) is 6.58 Å². The number of nitrogens with zero attached hydrogens (tertiary/aromatic N) is 1. The Bertz CT molecular complexity index is 469. The third kappa shape index (κ3) is 5.24. The Kier molecular flexibility index (Phi) is 6.46. The second kappa shape index (κ2) is 8.12. The monoisotopic (exact) mass is 276 g/mol. The summed E-state index contributed by atoms with van der Waals surface area (Å²) in [5.74, 6) is -1.08. The molecule has 0 fully saturated rings. The van der Waals surface area contributed by atoms with Gasteiger partial charge in [-0.2, -0.15) is 0 Å². The van der Waals surface area contributed by atoms with Gasteiger partial charge in [-0.3, -0.25) is 9.59 Å². The van der Waals surface area contributed by atoms with Gasteiger partial charge in [-0.25, -0.2) is 0 Å². The zero-order chi connectivity index (χ0) is 15.0. The van der Waals surface area contributed by atoms with E-state index in [1.54, 1.807) is 6.08 Å². The number of amides is 1. The summed E-state index contributed by atoms with van der Waals surface area (Å²) in [7, 11) is 0. The van der Waals surface area contributed by atoms with E-state index in [1.165, 1.54) is 4.90 Å². The number of aryl methyl sites for hydroxylation is 1. The maximum atomic E-state index is 12.2. The van der Waals surface area contributed by atoms with Crippen molar-refractivity contribution in [3.63, 3.8) is 0 Å². The lowest BCUT2D eigenvalue weighted by Crippen LogP contribution is -2.39. The van der Waals surface area contributed by atoms with E-state index < -0.39 is 5.97 Å². The molecular formula is C15H20N2O3. The van der Waals surface area contributed by atoms with Crippen molar-refractivity contribution in [2.24, 2.45) is 0 Å². The smallest absolute Gasteiger partial charge is 0.305 e. The second-order valence-corrected chi connectivity index (χ2v) is 4.44. The summed E-state index contributed by atoms with van der Waals surface area (Å²) in [5, 5.41) is 11.7. The van der Waals surface area contributed by atoms with Crippen LogP contribution in [-0.2, 0) is 9.59 Å². The first kappa shape index (κ1) is 15.9. The van der Waals surface area contributed by atoms with E-state index >= 15 is 0 Å². The fourth-order valence-corrected chi connectivity index (χ4v) is 1.71. The summed E-state index contributed by atoms with van der Waals surface area (Å²) in [6.07, 6.45) is 1.59. The van der Waals surface area contributed by atoms with Gasteiger partial charge in [0.05, 0.1) is 13.0 Å². The number of rotatable bonds is 8. The van der Waals surface area contributed by atoms with Crippen molar-refractivity contribution in [2.75, 3.05) is 24.5 Å². The fourth-order valence-electron chi connectivity index (χ4n) is 1.71. The van der Waals surface area contributed by atoms with Gasteiger partial charge in [0.2, 0.25) is 5.91 Å². The quantitative estimate of drug-likeness (QED) is 0.558. The average Bonchev–Trinajstić information content (AvgIpc) is 2.41. The third-order valence-electron chi connectivity index (χ3n) is 2.76. The lowest BCUT2D eigenvalue weighted by molar-refractivity contribution is -0.136. The van der Waals surface area contributed by atoms with Crippen molar-refractivity contribution in [1.29, 1.82) is 0 Å². The lowest BCUT2D eigenvalue weighted by atomic mass is 10.2. The molecular weight excluding hydrogens is 256 g/mol. The molecule has 0 unspecified atom stereocenters. The van der Waals surface area contributed by atoms with Gasteiger partial charge in [0.25, 0.3) is 0 Å². The molecule has 1 aromatic rings. The van der Waals surface area contributed by atoms with Gasteiger partial charge in [0.15, 0.2) is 0 Å². The summed E-state index contributed by atoms with van der Waals surface area (Å²) in [6, 6.07) is 7.44. The van der Waals surface area contributed by atoms with Crippen LogP contribution in [0, 0.1) is 6.92 Å². The average molecular weight is 276 g/mol. The molecule has 0 aliphatic rings. The fraction of sp³-hybridized carbons (Fsp3) is 0.333. The van der Waals surface area contributed by atoms with E-state index in [2.05, 4.69) is 11.9 Å². The van der Waals surface area contributed by atoms with Crippen molar-refractivity contribution in [2.45, 2.75) is 13.3 Å². The predicted octanol–water partition coefficient (Wildman–Crippen LogP) is 1.58. The van der Waals surface area contributed by atoms with Crippen LogP contribution in [0.25, 0.3) is 0 Å². The number of hydrogen-bond donors (Lipinski definition) is 2. The minimum atomic E-state index is -0.922. The molecule has 0 atom stereocenters. The van der Waals surface area contributed by atoms with E-state index in [9.17, 15) is 9.59 Å². The Labute approximate surface area is 118 Å². The molecule has 0 saturated carbocycles. The van der Waals surface area contributed by atoms with Crippen LogP contribution in [0.1, 0.15) is 12.0 Å². The summed E-state index contributed by atoms with van der Waals surface area (Å²) in [6.45, 7) is 6.37. The molecule has 0 spiro atoms. The van der Waals surface area contributed by atoms with Crippen LogP contribution < -0.4 is 10.2 Å². The van der Waals surface area contributed by atoms with E-state index in [1.807, 2.05) is 31.2 Å². The van der Waals surface area contributed by atoms with Crippen LogP contribution in [-0.4, -0.2) is 36.6 Å². The van der Waals surface area contributed by atoms with Gasteiger partial charge in [-0.05, 0) is 19.1 Å². The molecule has 1 amide bonds. The summed E-state index contributed by atoms with van der Waals surface area (Å²) < 4.78 is 0. The van der Waals surface area contributed by atoms with Crippen LogP contribution in [0.2, 0.25) is 0 Å². The molecule has 20 heavy (non-hydrogen) atoms. The highest BCUT2D eigenvalue weighted by molar-refractivity contribution is 5.95. The molecule has 2 N–H and O–H groups in total. The molecule has 5 heteroatoms. The van der Waals surface area contributed by atoms with Gasteiger partial charge in [0, 0.05) is 18.8 Å². The van der Waals surface area contributed by atoms with Gasteiger partial charge in [-0.1, -0.05) is 23.8 Å². The highest BCUT2D eigenvalue weighted by Crippen LogP contribution is 2.15. The van der Waals surface area contributed by atoms with Crippen molar-refractivity contribution in [3.8, 4) is 0 Å². The molecule has 0 aromatic heterocycles. The number of hydrogen-bond acceptors (Lipinski definition) is 3. The Morgan fingerprint density at radius 2 is 2.00 bits per heavy atom. The Balaban J connectivity index is 2.78. The van der Waals surface area contributed by atoms with Gasteiger partial charge < -0.3 is 15.3 Å². The van der Waals surface area contributed by atoms with Crippen molar-refractivity contribution in [3.05, 3.63) is 42.5 Å². The maximum Gasteiger partial charge on any atom is 0.305 e. The van der Waals surface area contributed by atoms with Crippen LogP contribution in [0.5, 0.6) is 0 Å². The standard InChI is InChI=1S/C15H20N2O3/c1-3-9-16-11-14(18)17(10-8-15(19)20)13-6-4-12(2)5-7-13/h3-7,16H,1,8-11H2,2H3,(H,19,20). The molecule has 0 bridgehead atoms. The second-order valence-electron chi connectivity index (χ2n) is 4.44. The van der Waals surface area contributed by atoms with E-state index in [0.717, 1.165) is 5.56 Å². The van der Waals surface area contributed by atoms with Crippen LogP contribution >= 0.6 is 0 Å². The molecule has 1 aromatic carbocycles. The zero-order valence-corrected chi connectivity index (χ0v) is 11.6. The van der Waals surface area contributed by atoms with Crippen molar-refractivity contribution in [1.82, 2.24) is 5.32 Å². The number of aliphatic carboxylic acids is 1. The molecule has 0 aliphatic heterocycles. The lowest BCUT2D eigenvalue weighted by Gasteiger charge is -2.22. The number of carboxylic acids is 1. The van der Waals surface area contributed by atoms with Gasteiger partial charge >= 0.3 is 5.97 Å². The third-order valence-corrected chi connectivity index (χ3v) is 2.76. The zero-order valence-electron chi connectivity index (χ0n) is 11.6. The molecule has 5 nitrogen and oxygen atoms in total. The number of benzene rings is 1. The predicted molar refractivity (Wildman–Crippen MR) is 78.9 cm³/mol. The Hall–Kier alpha value is -2.14. The van der Waals surface area contributed by atoms with E-state index in [-0.39, 0.29) is 25.4 Å². The van der Waals surface area contributed by atoms with Crippen LogP contribution in [0.15, 0.2) is 36.9 Å². The molecule has 0 heterocycles. The topological polar surface area (TPSA) is 69.6 Å². The molecule has 0 saturated heterocycles. The first-order chi connectivity index (χ1) is 9.54. The maximum absolute atomic E-state index is 12.2. The van der Waals surface area contributed by atoms with E-state index in [4.69, 9.17) is 5.11 Å². The Morgan fingerprint density at radius 3 is 2.55 bits per heavy atom.